The van der Waals surface area contributed by atoms with E-state index in [2.05, 4.69) is 45.1 Å². The number of hydrogen-bond acceptors (Lipinski definition) is 7. The predicted molar refractivity (Wildman–Crippen MR) is 133 cm³/mol. The summed E-state index contributed by atoms with van der Waals surface area (Å²) in [6, 6.07) is 13.0. The lowest BCUT2D eigenvalue weighted by atomic mass is 9.73. The minimum absolute atomic E-state index is 0.134. The largest absolute Gasteiger partial charge is 0.355 e. The maximum Gasteiger partial charge on any atom is 0.156 e. The third kappa shape index (κ3) is 2.99. The van der Waals surface area contributed by atoms with E-state index in [0.29, 0.717) is 6.54 Å². The second-order valence-electron chi connectivity index (χ2n) is 10.1. The van der Waals surface area contributed by atoms with Gasteiger partial charge in [-0.2, -0.15) is 0 Å². The SMILES string of the molecule is NC1c2ccccc2CC12CCN(c1cnc3c(n1)CN=C3N1CCCc3ncccc31)CC2. The van der Waals surface area contributed by atoms with Crippen molar-refractivity contribution in [3.05, 3.63) is 77.0 Å². The molecule has 1 spiro atoms. The molecular formula is C27H29N7. The molecule has 2 N–H and O–H groups in total. The van der Waals surface area contributed by atoms with E-state index < -0.39 is 0 Å². The lowest BCUT2D eigenvalue weighted by molar-refractivity contribution is 0.187. The Hall–Kier alpha value is -3.32. The molecule has 1 atom stereocenters. The van der Waals surface area contributed by atoms with Crippen LogP contribution in [0.15, 0.2) is 53.8 Å². The van der Waals surface area contributed by atoms with Gasteiger partial charge in [0.05, 0.1) is 29.8 Å². The second kappa shape index (κ2) is 7.60. The fourth-order valence-electron chi connectivity index (χ4n) is 6.40. The highest BCUT2D eigenvalue weighted by Crippen LogP contribution is 2.50. The first-order valence-corrected chi connectivity index (χ1v) is 12.4. The van der Waals surface area contributed by atoms with E-state index in [1.54, 1.807) is 0 Å². The van der Waals surface area contributed by atoms with Crippen LogP contribution in [0.4, 0.5) is 11.5 Å². The lowest BCUT2D eigenvalue weighted by Crippen LogP contribution is -2.44. The van der Waals surface area contributed by atoms with Crippen molar-refractivity contribution in [2.24, 2.45) is 16.1 Å². The summed E-state index contributed by atoms with van der Waals surface area (Å²) < 4.78 is 0. The first-order valence-electron chi connectivity index (χ1n) is 12.4. The van der Waals surface area contributed by atoms with E-state index in [9.17, 15) is 0 Å². The molecule has 1 fully saturated rings. The molecule has 0 amide bonds. The molecule has 5 heterocycles. The van der Waals surface area contributed by atoms with Crippen LogP contribution in [-0.2, 0) is 19.4 Å². The Morgan fingerprint density at radius 3 is 2.74 bits per heavy atom. The number of fused-ring (bicyclic) bond motifs is 3. The minimum Gasteiger partial charge on any atom is -0.355 e. The summed E-state index contributed by atoms with van der Waals surface area (Å²) >= 11 is 0. The second-order valence-corrected chi connectivity index (χ2v) is 10.1. The number of benzene rings is 1. The maximum absolute atomic E-state index is 6.76. The number of piperidine rings is 1. The Balaban J connectivity index is 1.09. The van der Waals surface area contributed by atoms with Crippen molar-refractivity contribution in [2.45, 2.75) is 44.7 Å². The predicted octanol–water partition coefficient (Wildman–Crippen LogP) is 3.43. The van der Waals surface area contributed by atoms with Gasteiger partial charge in [0.25, 0.3) is 0 Å². The fourth-order valence-corrected chi connectivity index (χ4v) is 6.40. The number of pyridine rings is 1. The van der Waals surface area contributed by atoms with Crippen LogP contribution >= 0.6 is 0 Å². The van der Waals surface area contributed by atoms with E-state index >= 15 is 0 Å². The molecule has 0 saturated carbocycles. The number of aryl methyl sites for hydroxylation is 1. The number of nitrogens with two attached hydrogens (primary N) is 1. The Kier molecular flexibility index (Phi) is 4.49. The average molecular weight is 452 g/mol. The molecule has 7 heteroatoms. The van der Waals surface area contributed by atoms with Crippen LogP contribution in [0.1, 0.15) is 53.5 Å². The zero-order valence-corrected chi connectivity index (χ0v) is 19.3. The summed E-state index contributed by atoms with van der Waals surface area (Å²) in [5.41, 5.74) is 13.9. The highest BCUT2D eigenvalue weighted by atomic mass is 15.3. The van der Waals surface area contributed by atoms with Gasteiger partial charge in [-0.3, -0.25) is 9.98 Å². The van der Waals surface area contributed by atoms with Crippen LogP contribution in [0.3, 0.4) is 0 Å². The smallest absolute Gasteiger partial charge is 0.156 e. The first-order chi connectivity index (χ1) is 16.7. The zero-order valence-electron chi connectivity index (χ0n) is 19.3. The molecule has 4 aliphatic rings. The van der Waals surface area contributed by atoms with Crippen LogP contribution in [0.5, 0.6) is 0 Å². The number of hydrogen-bond donors (Lipinski definition) is 1. The van der Waals surface area contributed by atoms with Gasteiger partial charge in [-0.05, 0) is 60.8 Å². The normalized spacial score (nSPS) is 22.4. The van der Waals surface area contributed by atoms with Crippen molar-refractivity contribution in [1.82, 2.24) is 15.0 Å². The van der Waals surface area contributed by atoms with E-state index in [-0.39, 0.29) is 11.5 Å². The van der Waals surface area contributed by atoms with Crippen LogP contribution < -0.4 is 15.5 Å². The summed E-state index contributed by atoms with van der Waals surface area (Å²) in [4.78, 5) is 24.0. The standard InChI is InChI=1S/C27H29N7/c28-25-19-6-2-1-5-18(19)15-27(25)9-13-33(14-10-27)23-17-30-24-21(32-23)16-31-26(24)34-12-4-7-20-22(34)8-3-11-29-20/h1-3,5-6,8,11,17,25H,4,7,9-10,12-16,28H2. The number of rotatable bonds is 1. The number of amidine groups is 1. The van der Waals surface area contributed by atoms with E-state index in [4.69, 9.17) is 20.7 Å². The molecule has 172 valence electrons. The molecule has 2 aromatic heterocycles. The van der Waals surface area contributed by atoms with Crippen molar-refractivity contribution >= 4 is 17.3 Å². The molecule has 34 heavy (non-hydrogen) atoms. The number of nitrogens with zero attached hydrogens (tertiary/aromatic N) is 6. The number of aromatic nitrogens is 3. The topological polar surface area (TPSA) is 83.5 Å². The highest BCUT2D eigenvalue weighted by Gasteiger charge is 2.46. The summed E-state index contributed by atoms with van der Waals surface area (Å²) in [5, 5.41) is 0. The highest BCUT2D eigenvalue weighted by molar-refractivity contribution is 6.11. The lowest BCUT2D eigenvalue weighted by Gasteiger charge is -2.42. The van der Waals surface area contributed by atoms with Crippen LogP contribution in [0.25, 0.3) is 0 Å². The van der Waals surface area contributed by atoms with E-state index in [1.165, 1.54) is 11.1 Å². The van der Waals surface area contributed by atoms with Crippen molar-refractivity contribution in [3.63, 3.8) is 0 Å². The van der Waals surface area contributed by atoms with Gasteiger partial charge in [0, 0.05) is 31.9 Å². The average Bonchev–Trinajstić information content (AvgIpc) is 3.43. The third-order valence-corrected chi connectivity index (χ3v) is 8.31. The third-order valence-electron chi connectivity index (χ3n) is 8.31. The van der Waals surface area contributed by atoms with Gasteiger partial charge in [-0.25, -0.2) is 9.97 Å². The first kappa shape index (κ1) is 20.1. The molecule has 7 nitrogen and oxygen atoms in total. The van der Waals surface area contributed by atoms with Gasteiger partial charge in [0.2, 0.25) is 0 Å². The molecular weight excluding hydrogens is 422 g/mol. The summed E-state index contributed by atoms with van der Waals surface area (Å²) in [6.45, 7) is 3.47. The van der Waals surface area contributed by atoms with Crippen molar-refractivity contribution in [3.8, 4) is 0 Å². The van der Waals surface area contributed by atoms with Crippen molar-refractivity contribution in [1.29, 1.82) is 0 Å². The van der Waals surface area contributed by atoms with Gasteiger partial charge in [0.1, 0.15) is 11.5 Å². The van der Waals surface area contributed by atoms with E-state index in [1.807, 2.05) is 18.5 Å². The Morgan fingerprint density at radius 1 is 0.971 bits per heavy atom. The minimum atomic E-state index is 0.134. The summed E-state index contributed by atoms with van der Waals surface area (Å²) in [7, 11) is 0. The molecule has 0 bridgehead atoms. The Labute approximate surface area is 199 Å². The molecule has 7 rings (SSSR count). The van der Waals surface area contributed by atoms with Gasteiger partial charge < -0.3 is 15.5 Å². The van der Waals surface area contributed by atoms with Crippen LogP contribution in [-0.4, -0.2) is 40.4 Å². The monoisotopic (exact) mass is 451 g/mol. The number of anilines is 2. The van der Waals surface area contributed by atoms with Crippen LogP contribution in [0.2, 0.25) is 0 Å². The molecule has 1 unspecified atom stereocenters. The Bertz CT molecular complexity index is 1290. The molecule has 1 aliphatic carbocycles. The van der Waals surface area contributed by atoms with E-state index in [0.717, 1.165) is 86.2 Å². The van der Waals surface area contributed by atoms with Gasteiger partial charge in [-0.15, -0.1) is 0 Å². The molecule has 1 aromatic carbocycles. The van der Waals surface area contributed by atoms with Gasteiger partial charge >= 0.3 is 0 Å². The fraction of sp³-hybridized carbons (Fsp3) is 0.407. The number of aliphatic imine (C=N–C) groups is 1. The molecule has 1 saturated heterocycles. The van der Waals surface area contributed by atoms with Crippen molar-refractivity contribution < 1.29 is 0 Å². The summed E-state index contributed by atoms with van der Waals surface area (Å²) in [5.74, 6) is 1.91. The van der Waals surface area contributed by atoms with Crippen LogP contribution in [0, 0.1) is 5.41 Å². The quantitative estimate of drug-likeness (QED) is 0.610. The molecule has 3 aromatic rings. The Morgan fingerprint density at radius 2 is 1.85 bits per heavy atom. The maximum atomic E-state index is 6.76. The zero-order chi connectivity index (χ0) is 22.7. The summed E-state index contributed by atoms with van der Waals surface area (Å²) in [6.07, 6.45) is 9.17. The van der Waals surface area contributed by atoms with Crippen molar-refractivity contribution in [2.75, 3.05) is 29.4 Å². The van der Waals surface area contributed by atoms with Gasteiger partial charge in [0.15, 0.2) is 5.84 Å². The molecule has 3 aliphatic heterocycles. The van der Waals surface area contributed by atoms with Gasteiger partial charge in [-0.1, -0.05) is 24.3 Å². The molecule has 0 radical (unpaired) electrons.